The molecule has 0 saturated carbocycles. The molecule has 1 aliphatic heterocycles. The third-order valence-corrected chi connectivity index (χ3v) is 5.40. The number of ether oxygens (including phenoxy) is 2. The Balaban J connectivity index is 1.79. The number of carbonyl (C=O) groups is 2. The van der Waals surface area contributed by atoms with E-state index in [4.69, 9.17) is 9.47 Å². The molecule has 1 amide bonds. The molecule has 1 saturated heterocycles. The second kappa shape index (κ2) is 8.47. The van der Waals surface area contributed by atoms with E-state index >= 15 is 0 Å². The van der Waals surface area contributed by atoms with Gasteiger partial charge in [-0.2, -0.15) is 0 Å². The lowest BCUT2D eigenvalue weighted by Crippen LogP contribution is -2.48. The van der Waals surface area contributed by atoms with Crippen LogP contribution in [0.25, 0.3) is 0 Å². The van der Waals surface area contributed by atoms with Gasteiger partial charge < -0.3 is 14.4 Å². The standard InChI is InChI=1S/C23H24FNO4/c1-4-13-23(19-9-11-20(24)12-10-19)14-15-25(22(27)29-23)16(2)17-5-7-18(8-6-17)21(26)28-3/h4-12,16H,1,13-15H2,2-3H3. The Kier molecular flexibility index (Phi) is 6.01. The van der Waals surface area contributed by atoms with Gasteiger partial charge in [-0.15, -0.1) is 6.58 Å². The van der Waals surface area contributed by atoms with Crippen molar-refractivity contribution in [2.75, 3.05) is 13.7 Å². The summed E-state index contributed by atoms with van der Waals surface area (Å²) in [6, 6.07) is 12.8. The summed E-state index contributed by atoms with van der Waals surface area (Å²) in [5.74, 6) is -0.745. The average molecular weight is 397 g/mol. The Labute approximate surface area is 169 Å². The summed E-state index contributed by atoms with van der Waals surface area (Å²) in [6.45, 7) is 6.17. The Morgan fingerprint density at radius 1 is 1.28 bits per heavy atom. The highest BCUT2D eigenvalue weighted by Gasteiger charge is 2.42. The van der Waals surface area contributed by atoms with Gasteiger partial charge in [0.05, 0.1) is 18.7 Å². The SMILES string of the molecule is C=CCC1(c2ccc(F)cc2)CCN(C(C)c2ccc(C(=O)OC)cc2)C(=O)O1. The lowest BCUT2D eigenvalue weighted by Gasteiger charge is -2.43. The number of carbonyl (C=O) groups excluding carboxylic acids is 2. The molecule has 0 radical (unpaired) electrons. The molecule has 29 heavy (non-hydrogen) atoms. The van der Waals surface area contributed by atoms with Gasteiger partial charge in [0.15, 0.2) is 0 Å². The third kappa shape index (κ3) is 4.16. The van der Waals surface area contributed by atoms with E-state index in [1.54, 1.807) is 47.4 Å². The van der Waals surface area contributed by atoms with Crippen LogP contribution < -0.4 is 0 Å². The zero-order valence-electron chi connectivity index (χ0n) is 16.6. The van der Waals surface area contributed by atoms with Gasteiger partial charge >= 0.3 is 12.1 Å². The van der Waals surface area contributed by atoms with Gasteiger partial charge in [-0.3, -0.25) is 0 Å². The van der Waals surface area contributed by atoms with Crippen molar-refractivity contribution in [1.29, 1.82) is 0 Å². The molecule has 1 aliphatic rings. The summed E-state index contributed by atoms with van der Waals surface area (Å²) in [5.41, 5.74) is 1.23. The van der Waals surface area contributed by atoms with E-state index in [-0.39, 0.29) is 11.9 Å². The van der Waals surface area contributed by atoms with Crippen LogP contribution in [0.4, 0.5) is 9.18 Å². The molecule has 2 atom stereocenters. The number of methoxy groups -OCH3 is 1. The Hall–Kier alpha value is -3.15. The topological polar surface area (TPSA) is 55.8 Å². The minimum atomic E-state index is -0.850. The molecule has 2 aromatic rings. The van der Waals surface area contributed by atoms with E-state index in [0.717, 1.165) is 11.1 Å². The van der Waals surface area contributed by atoms with Crippen LogP contribution in [0.15, 0.2) is 61.2 Å². The fraction of sp³-hybridized carbons (Fsp3) is 0.304. The van der Waals surface area contributed by atoms with E-state index in [9.17, 15) is 14.0 Å². The van der Waals surface area contributed by atoms with Crippen LogP contribution in [0.5, 0.6) is 0 Å². The number of cyclic esters (lactones) is 1. The average Bonchev–Trinajstić information content (AvgIpc) is 2.73. The molecule has 1 heterocycles. The molecule has 0 aromatic heterocycles. The summed E-state index contributed by atoms with van der Waals surface area (Å²) in [7, 11) is 1.33. The van der Waals surface area contributed by atoms with Crippen LogP contribution in [0.2, 0.25) is 0 Å². The summed E-state index contributed by atoms with van der Waals surface area (Å²) in [4.78, 5) is 26.1. The number of halogens is 1. The summed E-state index contributed by atoms with van der Waals surface area (Å²) in [6.07, 6.45) is 2.27. The minimum Gasteiger partial charge on any atom is -0.465 e. The number of amides is 1. The van der Waals surface area contributed by atoms with Crippen molar-refractivity contribution in [2.24, 2.45) is 0 Å². The number of hydrogen-bond donors (Lipinski definition) is 0. The minimum absolute atomic E-state index is 0.232. The zero-order chi connectivity index (χ0) is 21.0. The van der Waals surface area contributed by atoms with Crippen molar-refractivity contribution in [3.8, 4) is 0 Å². The molecule has 5 nitrogen and oxygen atoms in total. The maximum atomic E-state index is 13.3. The number of benzene rings is 2. The van der Waals surface area contributed by atoms with E-state index in [2.05, 4.69) is 6.58 Å². The first kappa shape index (κ1) is 20.6. The lowest BCUT2D eigenvalue weighted by atomic mass is 9.85. The van der Waals surface area contributed by atoms with Crippen LogP contribution in [-0.4, -0.2) is 30.6 Å². The van der Waals surface area contributed by atoms with E-state index in [0.29, 0.717) is 24.9 Å². The van der Waals surface area contributed by atoms with Crippen molar-refractivity contribution in [1.82, 2.24) is 4.90 Å². The molecule has 0 spiro atoms. The monoisotopic (exact) mass is 397 g/mol. The Morgan fingerprint density at radius 3 is 2.48 bits per heavy atom. The maximum Gasteiger partial charge on any atom is 0.411 e. The van der Waals surface area contributed by atoms with Gasteiger partial charge in [0.1, 0.15) is 11.4 Å². The van der Waals surface area contributed by atoms with Gasteiger partial charge in [0.2, 0.25) is 0 Å². The van der Waals surface area contributed by atoms with Gasteiger partial charge in [-0.05, 0) is 42.3 Å². The van der Waals surface area contributed by atoms with Crippen LogP contribution >= 0.6 is 0 Å². The predicted octanol–water partition coefficient (Wildman–Crippen LogP) is 4.99. The van der Waals surface area contributed by atoms with Crippen LogP contribution in [0.3, 0.4) is 0 Å². The number of esters is 1. The second-order valence-electron chi connectivity index (χ2n) is 7.09. The van der Waals surface area contributed by atoms with Crippen molar-refractivity contribution < 1.29 is 23.5 Å². The fourth-order valence-electron chi connectivity index (χ4n) is 3.67. The van der Waals surface area contributed by atoms with Gasteiger partial charge in [0, 0.05) is 19.4 Å². The zero-order valence-corrected chi connectivity index (χ0v) is 16.6. The fourth-order valence-corrected chi connectivity index (χ4v) is 3.67. The molecule has 152 valence electrons. The van der Waals surface area contributed by atoms with Crippen molar-refractivity contribution in [3.05, 3.63) is 83.7 Å². The van der Waals surface area contributed by atoms with Crippen molar-refractivity contribution in [2.45, 2.75) is 31.4 Å². The molecule has 0 bridgehead atoms. The normalized spacial score (nSPS) is 20.0. The molecule has 1 fully saturated rings. The third-order valence-electron chi connectivity index (χ3n) is 5.40. The molecule has 0 N–H and O–H groups in total. The molecular weight excluding hydrogens is 373 g/mol. The molecular formula is C23H24FNO4. The molecule has 2 aromatic carbocycles. The van der Waals surface area contributed by atoms with Crippen LogP contribution in [-0.2, 0) is 15.1 Å². The van der Waals surface area contributed by atoms with Gasteiger partial charge in [-0.25, -0.2) is 14.0 Å². The molecule has 3 rings (SSSR count). The first-order valence-electron chi connectivity index (χ1n) is 9.45. The maximum absolute atomic E-state index is 13.3. The summed E-state index contributed by atoms with van der Waals surface area (Å²) >= 11 is 0. The predicted molar refractivity (Wildman–Crippen MR) is 107 cm³/mol. The highest BCUT2D eigenvalue weighted by atomic mass is 19.1. The number of hydrogen-bond acceptors (Lipinski definition) is 4. The summed E-state index contributed by atoms with van der Waals surface area (Å²) in [5, 5.41) is 0. The number of rotatable bonds is 6. The van der Waals surface area contributed by atoms with Crippen molar-refractivity contribution >= 4 is 12.1 Å². The first-order valence-corrected chi connectivity index (χ1v) is 9.45. The largest absolute Gasteiger partial charge is 0.465 e. The Morgan fingerprint density at radius 2 is 1.93 bits per heavy atom. The lowest BCUT2D eigenvalue weighted by molar-refractivity contribution is -0.0588. The molecule has 6 heteroatoms. The summed E-state index contributed by atoms with van der Waals surface area (Å²) < 4.78 is 23.9. The highest BCUT2D eigenvalue weighted by molar-refractivity contribution is 5.89. The number of nitrogens with zero attached hydrogens (tertiary/aromatic N) is 1. The second-order valence-corrected chi connectivity index (χ2v) is 7.09. The van der Waals surface area contributed by atoms with E-state index < -0.39 is 17.7 Å². The van der Waals surface area contributed by atoms with Gasteiger partial charge in [0.25, 0.3) is 0 Å². The Bertz CT molecular complexity index is 894. The quantitative estimate of drug-likeness (QED) is 0.509. The highest BCUT2D eigenvalue weighted by Crippen LogP contribution is 2.39. The molecule has 2 unspecified atom stereocenters. The van der Waals surface area contributed by atoms with Crippen LogP contribution in [0, 0.1) is 5.82 Å². The van der Waals surface area contributed by atoms with E-state index in [1.807, 2.05) is 6.92 Å². The van der Waals surface area contributed by atoms with Gasteiger partial charge in [-0.1, -0.05) is 30.3 Å². The molecule has 0 aliphatic carbocycles. The van der Waals surface area contributed by atoms with Crippen LogP contribution in [0.1, 0.15) is 47.3 Å². The smallest absolute Gasteiger partial charge is 0.411 e. The first-order chi connectivity index (χ1) is 13.9. The van der Waals surface area contributed by atoms with E-state index in [1.165, 1.54) is 19.2 Å². The van der Waals surface area contributed by atoms with Crippen molar-refractivity contribution in [3.63, 3.8) is 0 Å².